The molecule has 1 heterocycles. The molecule has 0 unspecified atom stereocenters. The molecule has 60 valence electrons. The summed E-state index contributed by atoms with van der Waals surface area (Å²) in [7, 11) is 1.31. The first-order valence-electron chi connectivity index (χ1n) is 3.15. The number of carbonyl (C=O) groups is 1. The van der Waals surface area contributed by atoms with E-state index in [9.17, 15) is 0 Å². The van der Waals surface area contributed by atoms with Crippen molar-refractivity contribution in [2.45, 2.75) is 6.92 Å². The quantitative estimate of drug-likeness (QED) is 0.569. The predicted molar refractivity (Wildman–Crippen MR) is 42.0 cm³/mol. The molecule has 0 atom stereocenters. The van der Waals surface area contributed by atoms with Gasteiger partial charge in [0, 0.05) is 11.9 Å². The zero-order valence-electron chi connectivity index (χ0n) is 6.65. The molecule has 0 aromatic carbocycles. The van der Waals surface area contributed by atoms with Crippen LogP contribution in [0.1, 0.15) is 5.69 Å². The lowest BCUT2D eigenvalue weighted by Crippen LogP contribution is -1.72. The molecule has 11 heavy (non-hydrogen) atoms. The van der Waals surface area contributed by atoms with E-state index in [-0.39, 0.29) is 0 Å². The maximum absolute atomic E-state index is 8.95. The Morgan fingerprint density at radius 1 is 1.55 bits per heavy atom. The second-order valence-corrected chi connectivity index (χ2v) is 1.80. The molecule has 0 amide bonds. The van der Waals surface area contributed by atoms with Crippen LogP contribution in [-0.2, 0) is 9.53 Å². The topological polar surface area (TPSA) is 39.2 Å². The Bertz CT molecular complexity index is 187. The molecule has 0 aliphatic heterocycles. The SMILES string of the molecule is COC=O.Cc1ccccn1. The molecule has 0 aliphatic rings. The second kappa shape index (κ2) is 6.74. The first-order chi connectivity index (χ1) is 5.31. The lowest BCUT2D eigenvalue weighted by Gasteiger charge is -1.82. The zero-order valence-corrected chi connectivity index (χ0v) is 6.65. The van der Waals surface area contributed by atoms with Gasteiger partial charge in [0.25, 0.3) is 6.47 Å². The molecule has 0 aliphatic carbocycles. The van der Waals surface area contributed by atoms with Gasteiger partial charge in [0.1, 0.15) is 0 Å². The summed E-state index contributed by atoms with van der Waals surface area (Å²) in [5.41, 5.74) is 1.07. The van der Waals surface area contributed by atoms with E-state index in [4.69, 9.17) is 4.79 Å². The van der Waals surface area contributed by atoms with Crippen LogP contribution in [0.2, 0.25) is 0 Å². The molecule has 0 radical (unpaired) electrons. The van der Waals surface area contributed by atoms with Crippen molar-refractivity contribution in [1.82, 2.24) is 4.98 Å². The summed E-state index contributed by atoms with van der Waals surface area (Å²) in [4.78, 5) is 12.9. The van der Waals surface area contributed by atoms with Crippen molar-refractivity contribution in [2.24, 2.45) is 0 Å². The largest absolute Gasteiger partial charge is 0.471 e. The van der Waals surface area contributed by atoms with Crippen molar-refractivity contribution in [3.05, 3.63) is 30.1 Å². The number of rotatable bonds is 1. The third-order valence-corrected chi connectivity index (χ3v) is 0.909. The minimum Gasteiger partial charge on any atom is -0.471 e. The molecule has 0 saturated carbocycles. The van der Waals surface area contributed by atoms with Gasteiger partial charge in [-0.3, -0.25) is 9.78 Å². The number of methoxy groups -OCH3 is 1. The van der Waals surface area contributed by atoms with Gasteiger partial charge in [-0.15, -0.1) is 0 Å². The van der Waals surface area contributed by atoms with Crippen LogP contribution < -0.4 is 0 Å². The van der Waals surface area contributed by atoms with Crippen LogP contribution in [0.25, 0.3) is 0 Å². The van der Waals surface area contributed by atoms with Gasteiger partial charge in [0.15, 0.2) is 0 Å². The van der Waals surface area contributed by atoms with E-state index in [1.165, 1.54) is 7.11 Å². The van der Waals surface area contributed by atoms with Gasteiger partial charge in [-0.2, -0.15) is 0 Å². The highest BCUT2D eigenvalue weighted by atomic mass is 16.5. The molecule has 1 aromatic heterocycles. The van der Waals surface area contributed by atoms with Crippen LogP contribution >= 0.6 is 0 Å². The normalized spacial score (nSPS) is 7.45. The lowest BCUT2D eigenvalue weighted by molar-refractivity contribution is -0.126. The van der Waals surface area contributed by atoms with Crippen molar-refractivity contribution in [2.75, 3.05) is 7.11 Å². The van der Waals surface area contributed by atoms with Crippen molar-refractivity contribution in [3.63, 3.8) is 0 Å². The molecule has 0 fully saturated rings. The standard InChI is InChI=1S/C6H7N.C2H4O2/c1-6-4-2-3-5-7-6;1-4-2-3/h2-5H,1H3;2H,1H3. The lowest BCUT2D eigenvalue weighted by atomic mass is 10.4. The van der Waals surface area contributed by atoms with Gasteiger partial charge in [-0.1, -0.05) is 6.07 Å². The second-order valence-electron chi connectivity index (χ2n) is 1.80. The molecular formula is C8H11NO2. The van der Waals surface area contributed by atoms with Crippen LogP contribution in [-0.4, -0.2) is 18.6 Å². The Morgan fingerprint density at radius 3 is 2.36 bits per heavy atom. The Hall–Kier alpha value is -1.38. The first kappa shape index (κ1) is 9.62. The number of hydrogen-bond acceptors (Lipinski definition) is 3. The van der Waals surface area contributed by atoms with Crippen molar-refractivity contribution >= 4 is 6.47 Å². The summed E-state index contributed by atoms with van der Waals surface area (Å²) in [6, 6.07) is 5.86. The van der Waals surface area contributed by atoms with Crippen molar-refractivity contribution in [3.8, 4) is 0 Å². The van der Waals surface area contributed by atoms with Gasteiger partial charge >= 0.3 is 0 Å². The third kappa shape index (κ3) is 6.51. The van der Waals surface area contributed by atoms with E-state index < -0.39 is 0 Å². The summed E-state index contributed by atoms with van der Waals surface area (Å²) >= 11 is 0. The van der Waals surface area contributed by atoms with Crippen LogP contribution in [0.5, 0.6) is 0 Å². The van der Waals surface area contributed by atoms with Gasteiger partial charge in [0.05, 0.1) is 7.11 Å². The van der Waals surface area contributed by atoms with Crippen LogP contribution in [0.15, 0.2) is 24.4 Å². The third-order valence-electron chi connectivity index (χ3n) is 0.909. The molecule has 3 heteroatoms. The summed E-state index contributed by atoms with van der Waals surface area (Å²) in [5.74, 6) is 0. The highest BCUT2D eigenvalue weighted by Crippen LogP contribution is 1.85. The number of nitrogens with zero attached hydrogens (tertiary/aromatic N) is 1. The number of ether oxygens (including phenoxy) is 1. The molecule has 0 spiro atoms. The van der Waals surface area contributed by atoms with Crippen LogP contribution in [0, 0.1) is 6.92 Å². The average molecular weight is 153 g/mol. The minimum absolute atomic E-state index is 0.375. The smallest absolute Gasteiger partial charge is 0.292 e. The maximum atomic E-state index is 8.95. The van der Waals surface area contributed by atoms with Crippen LogP contribution in [0.4, 0.5) is 0 Å². The van der Waals surface area contributed by atoms with Crippen LogP contribution in [0.3, 0.4) is 0 Å². The Morgan fingerprint density at radius 2 is 2.18 bits per heavy atom. The number of aryl methyl sites for hydroxylation is 1. The summed E-state index contributed by atoms with van der Waals surface area (Å²) < 4.78 is 3.86. The Balaban J connectivity index is 0.000000218. The fourth-order valence-electron chi connectivity index (χ4n) is 0.448. The van der Waals surface area contributed by atoms with Gasteiger partial charge in [-0.25, -0.2) is 0 Å². The van der Waals surface area contributed by atoms with E-state index in [1.54, 1.807) is 6.20 Å². The minimum atomic E-state index is 0.375. The van der Waals surface area contributed by atoms with E-state index in [1.807, 2.05) is 25.1 Å². The fraction of sp³-hybridized carbons (Fsp3) is 0.250. The molecule has 1 rings (SSSR count). The highest BCUT2D eigenvalue weighted by Gasteiger charge is 1.73. The van der Waals surface area contributed by atoms with E-state index >= 15 is 0 Å². The molecule has 3 nitrogen and oxygen atoms in total. The van der Waals surface area contributed by atoms with Gasteiger partial charge in [-0.05, 0) is 19.1 Å². The molecular weight excluding hydrogens is 142 g/mol. The van der Waals surface area contributed by atoms with E-state index in [2.05, 4.69) is 9.72 Å². The first-order valence-corrected chi connectivity index (χ1v) is 3.15. The number of pyridine rings is 1. The fourth-order valence-corrected chi connectivity index (χ4v) is 0.448. The van der Waals surface area contributed by atoms with E-state index in [0.29, 0.717) is 6.47 Å². The number of hydrogen-bond donors (Lipinski definition) is 0. The maximum Gasteiger partial charge on any atom is 0.292 e. The molecule has 0 bridgehead atoms. The zero-order chi connectivity index (χ0) is 8.53. The highest BCUT2D eigenvalue weighted by molar-refractivity contribution is 5.36. The van der Waals surface area contributed by atoms with Gasteiger partial charge in [0.2, 0.25) is 0 Å². The monoisotopic (exact) mass is 153 g/mol. The predicted octanol–water partition coefficient (Wildman–Crippen LogP) is 1.18. The Labute approximate surface area is 66.0 Å². The van der Waals surface area contributed by atoms with Crippen molar-refractivity contribution < 1.29 is 9.53 Å². The molecule has 1 aromatic rings. The molecule has 0 saturated heterocycles. The number of carbonyl (C=O) groups excluding carboxylic acids is 1. The van der Waals surface area contributed by atoms with Gasteiger partial charge < -0.3 is 4.74 Å². The Kier molecular flexibility index (Phi) is 5.89. The number of aromatic nitrogens is 1. The van der Waals surface area contributed by atoms with E-state index in [0.717, 1.165) is 5.69 Å². The summed E-state index contributed by atoms with van der Waals surface area (Å²) in [5, 5.41) is 0. The average Bonchev–Trinajstić information content (AvgIpc) is 2.07. The molecule has 0 N–H and O–H groups in total. The summed E-state index contributed by atoms with van der Waals surface area (Å²) in [6.45, 7) is 2.35. The van der Waals surface area contributed by atoms with Crippen molar-refractivity contribution in [1.29, 1.82) is 0 Å². The summed E-state index contributed by atoms with van der Waals surface area (Å²) in [6.07, 6.45) is 1.79.